The third-order valence-electron chi connectivity index (χ3n) is 5.16. The predicted molar refractivity (Wildman–Crippen MR) is 63.0 cm³/mol. The van der Waals surface area contributed by atoms with Crippen LogP contribution < -0.4 is 10.6 Å². The maximum absolute atomic E-state index is 3.46. The number of nitrogens with one attached hydrogen (secondary N) is 2. The summed E-state index contributed by atoms with van der Waals surface area (Å²) < 4.78 is 0. The molecule has 2 heterocycles. The lowest BCUT2D eigenvalue weighted by Gasteiger charge is -2.50. The lowest BCUT2D eigenvalue weighted by atomic mass is 9.68. The zero-order chi connectivity index (χ0) is 10.2. The molecule has 0 aromatic heterocycles. The van der Waals surface area contributed by atoms with E-state index in [4.69, 9.17) is 0 Å². The first-order chi connectivity index (χ1) is 7.33. The zero-order valence-electron chi connectivity index (χ0n) is 9.78. The molecule has 15 heavy (non-hydrogen) atoms. The van der Waals surface area contributed by atoms with Crippen molar-refractivity contribution >= 4 is 0 Å². The summed E-state index contributed by atoms with van der Waals surface area (Å²) in [6, 6.07) is 0. The van der Waals surface area contributed by atoms with Gasteiger partial charge in [0.1, 0.15) is 0 Å². The minimum atomic E-state index is 0.694. The Balaban J connectivity index is 0.0000000971. The maximum atomic E-state index is 3.46. The summed E-state index contributed by atoms with van der Waals surface area (Å²) in [5, 5.41) is 6.87. The van der Waals surface area contributed by atoms with Gasteiger partial charge >= 0.3 is 0 Å². The van der Waals surface area contributed by atoms with Crippen LogP contribution in [-0.4, -0.2) is 25.2 Å². The van der Waals surface area contributed by atoms with Crippen molar-refractivity contribution in [3.63, 3.8) is 0 Å². The molecule has 0 aromatic carbocycles. The largest absolute Gasteiger partial charge is 0.316 e. The Morgan fingerprint density at radius 3 is 1.60 bits per heavy atom. The molecule has 2 heteroatoms. The van der Waals surface area contributed by atoms with Crippen LogP contribution >= 0.6 is 0 Å². The van der Waals surface area contributed by atoms with Crippen molar-refractivity contribution in [2.75, 3.05) is 19.6 Å². The van der Waals surface area contributed by atoms with Crippen LogP contribution in [0.5, 0.6) is 0 Å². The summed E-state index contributed by atoms with van der Waals surface area (Å²) in [6.45, 7) is 3.87. The van der Waals surface area contributed by atoms with Crippen LogP contribution in [0.25, 0.3) is 0 Å². The fraction of sp³-hybridized carbons (Fsp3) is 1.00. The molecular formula is C13H24N2. The average molecular weight is 208 g/mol. The van der Waals surface area contributed by atoms with E-state index in [2.05, 4.69) is 10.6 Å². The van der Waals surface area contributed by atoms with Crippen molar-refractivity contribution in [3.05, 3.63) is 0 Å². The molecule has 2 saturated heterocycles. The molecular weight excluding hydrogens is 184 g/mol. The van der Waals surface area contributed by atoms with Gasteiger partial charge < -0.3 is 10.6 Å². The molecule has 2 spiro atoms. The van der Waals surface area contributed by atoms with E-state index in [1.165, 1.54) is 71.0 Å². The molecule has 86 valence electrons. The second-order valence-corrected chi connectivity index (χ2v) is 6.09. The third kappa shape index (κ3) is 1.83. The van der Waals surface area contributed by atoms with Crippen LogP contribution in [0.2, 0.25) is 0 Å². The molecule has 4 aliphatic rings. The van der Waals surface area contributed by atoms with Crippen LogP contribution in [0.1, 0.15) is 51.4 Å². The summed E-state index contributed by atoms with van der Waals surface area (Å²) >= 11 is 0. The molecule has 2 aliphatic carbocycles. The van der Waals surface area contributed by atoms with Crippen molar-refractivity contribution in [1.82, 2.24) is 10.6 Å². The van der Waals surface area contributed by atoms with Gasteiger partial charge in [0.25, 0.3) is 0 Å². The molecule has 2 N–H and O–H groups in total. The molecule has 0 atom stereocenters. The molecule has 0 aromatic rings. The second-order valence-electron chi connectivity index (χ2n) is 6.09. The van der Waals surface area contributed by atoms with Gasteiger partial charge in [0.05, 0.1) is 0 Å². The minimum absolute atomic E-state index is 0.694. The first-order valence-electron chi connectivity index (χ1n) is 6.79. The van der Waals surface area contributed by atoms with E-state index in [-0.39, 0.29) is 0 Å². The molecule has 4 rings (SSSR count). The molecule has 2 saturated carbocycles. The zero-order valence-corrected chi connectivity index (χ0v) is 9.78. The van der Waals surface area contributed by atoms with E-state index in [9.17, 15) is 0 Å². The Morgan fingerprint density at radius 2 is 1.47 bits per heavy atom. The Labute approximate surface area is 93.2 Å². The lowest BCUT2D eigenvalue weighted by molar-refractivity contribution is 0.101. The van der Waals surface area contributed by atoms with Gasteiger partial charge in [-0.05, 0) is 63.5 Å². The van der Waals surface area contributed by atoms with Crippen LogP contribution in [0.4, 0.5) is 0 Å². The van der Waals surface area contributed by atoms with Crippen LogP contribution in [0.3, 0.4) is 0 Å². The van der Waals surface area contributed by atoms with Crippen LogP contribution in [0.15, 0.2) is 0 Å². The Morgan fingerprint density at radius 1 is 0.733 bits per heavy atom. The number of hydrogen-bond donors (Lipinski definition) is 2. The summed E-state index contributed by atoms with van der Waals surface area (Å²) in [5.74, 6) is 0. The average Bonchev–Trinajstić information content (AvgIpc) is 2.45. The molecule has 0 unspecified atom stereocenters. The van der Waals surface area contributed by atoms with Crippen molar-refractivity contribution in [1.29, 1.82) is 0 Å². The van der Waals surface area contributed by atoms with Crippen molar-refractivity contribution in [2.45, 2.75) is 56.9 Å². The lowest BCUT2D eigenvalue weighted by Crippen LogP contribution is -2.61. The van der Waals surface area contributed by atoms with E-state index in [1.807, 2.05) is 0 Å². The molecule has 4 fully saturated rings. The minimum Gasteiger partial charge on any atom is -0.316 e. The summed E-state index contributed by atoms with van der Waals surface area (Å²) in [7, 11) is 0. The normalized spacial score (nSPS) is 33.6. The Bertz CT molecular complexity index is 201. The van der Waals surface area contributed by atoms with Gasteiger partial charge in [-0.15, -0.1) is 0 Å². The van der Waals surface area contributed by atoms with Gasteiger partial charge in [-0.3, -0.25) is 0 Å². The molecule has 0 amide bonds. The van der Waals surface area contributed by atoms with Gasteiger partial charge in [-0.2, -0.15) is 0 Å². The van der Waals surface area contributed by atoms with Crippen molar-refractivity contribution in [3.8, 4) is 0 Å². The SMILES string of the molecule is C1CC2(C1)CCN2.C1CC2(C1)CCNC2. The first kappa shape index (κ1) is 10.1. The topological polar surface area (TPSA) is 24.1 Å². The van der Waals surface area contributed by atoms with E-state index < -0.39 is 0 Å². The number of hydrogen-bond acceptors (Lipinski definition) is 2. The van der Waals surface area contributed by atoms with Gasteiger partial charge in [-0.1, -0.05) is 6.42 Å². The quantitative estimate of drug-likeness (QED) is 0.636. The molecule has 2 nitrogen and oxygen atoms in total. The third-order valence-corrected chi connectivity index (χ3v) is 5.16. The van der Waals surface area contributed by atoms with E-state index in [0.29, 0.717) is 5.54 Å². The highest BCUT2D eigenvalue weighted by Gasteiger charge is 2.41. The number of rotatable bonds is 0. The monoisotopic (exact) mass is 208 g/mol. The Kier molecular flexibility index (Phi) is 2.52. The van der Waals surface area contributed by atoms with E-state index in [1.54, 1.807) is 0 Å². The first-order valence-corrected chi connectivity index (χ1v) is 6.79. The highest BCUT2D eigenvalue weighted by Crippen LogP contribution is 2.45. The molecule has 0 radical (unpaired) electrons. The highest BCUT2D eigenvalue weighted by molar-refractivity contribution is 5.02. The van der Waals surface area contributed by atoms with Crippen LogP contribution in [0, 0.1) is 5.41 Å². The smallest absolute Gasteiger partial charge is 0.0193 e. The van der Waals surface area contributed by atoms with Gasteiger partial charge in [0.15, 0.2) is 0 Å². The van der Waals surface area contributed by atoms with E-state index in [0.717, 1.165) is 5.41 Å². The fourth-order valence-corrected chi connectivity index (χ4v) is 3.41. The predicted octanol–water partition coefficient (Wildman–Crippen LogP) is 2.05. The van der Waals surface area contributed by atoms with Crippen LogP contribution in [-0.2, 0) is 0 Å². The Hall–Kier alpha value is -0.0800. The van der Waals surface area contributed by atoms with Crippen molar-refractivity contribution < 1.29 is 0 Å². The summed E-state index contributed by atoms with van der Waals surface area (Å²) in [6.07, 6.45) is 11.8. The highest BCUT2D eigenvalue weighted by atomic mass is 15.1. The van der Waals surface area contributed by atoms with E-state index >= 15 is 0 Å². The second kappa shape index (κ2) is 3.74. The summed E-state index contributed by atoms with van der Waals surface area (Å²) in [5.41, 5.74) is 1.50. The van der Waals surface area contributed by atoms with Gasteiger partial charge in [0.2, 0.25) is 0 Å². The fourth-order valence-electron chi connectivity index (χ4n) is 3.41. The summed E-state index contributed by atoms with van der Waals surface area (Å²) in [4.78, 5) is 0. The standard InChI is InChI=1S/C7H13N.C6H11N/c1-2-7(3-1)4-5-8-6-7;1-2-6(3-1)4-5-7-6/h8H,1-6H2;7H,1-5H2. The van der Waals surface area contributed by atoms with Gasteiger partial charge in [-0.25, -0.2) is 0 Å². The van der Waals surface area contributed by atoms with Crippen molar-refractivity contribution in [2.24, 2.45) is 5.41 Å². The maximum Gasteiger partial charge on any atom is 0.0193 e. The van der Waals surface area contributed by atoms with Gasteiger partial charge in [0, 0.05) is 12.1 Å². The molecule has 0 bridgehead atoms. The molecule has 2 aliphatic heterocycles.